The highest BCUT2D eigenvalue weighted by Crippen LogP contribution is 2.35. The predicted molar refractivity (Wildman–Crippen MR) is 128 cm³/mol. The van der Waals surface area contributed by atoms with Crippen LogP contribution in [0, 0.1) is 0 Å². The van der Waals surface area contributed by atoms with Gasteiger partial charge in [-0.1, -0.05) is 24.3 Å². The Labute approximate surface area is 189 Å². The Hall–Kier alpha value is -2.67. The molecular weight excluding hydrogens is 398 g/mol. The average Bonchev–Trinajstić information content (AvgIpc) is 3.25. The maximum absolute atomic E-state index is 6.64. The molecule has 32 heavy (non-hydrogen) atoms. The summed E-state index contributed by atoms with van der Waals surface area (Å²) in [6, 6.07) is 9.31. The molecular formula is C25H33N7. The van der Waals surface area contributed by atoms with Crippen LogP contribution in [0.2, 0.25) is 0 Å². The summed E-state index contributed by atoms with van der Waals surface area (Å²) in [7, 11) is 0. The Bertz CT molecular complexity index is 1100. The van der Waals surface area contributed by atoms with Gasteiger partial charge in [0, 0.05) is 31.7 Å². The fourth-order valence-electron chi connectivity index (χ4n) is 5.89. The van der Waals surface area contributed by atoms with E-state index in [0.29, 0.717) is 6.04 Å². The molecule has 0 spiro atoms. The number of benzene rings is 1. The third kappa shape index (κ3) is 3.52. The molecule has 3 N–H and O–H groups in total. The van der Waals surface area contributed by atoms with Gasteiger partial charge in [-0.05, 0) is 68.9 Å². The van der Waals surface area contributed by atoms with Crippen molar-refractivity contribution >= 4 is 22.8 Å². The molecule has 7 nitrogen and oxygen atoms in total. The van der Waals surface area contributed by atoms with Crippen LogP contribution in [0.4, 0.5) is 11.6 Å². The summed E-state index contributed by atoms with van der Waals surface area (Å²) in [5.74, 6) is 2.05. The highest BCUT2D eigenvalue weighted by atomic mass is 15.3. The summed E-state index contributed by atoms with van der Waals surface area (Å²) in [5, 5.41) is 7.82. The number of anilines is 2. The second kappa shape index (κ2) is 8.35. The van der Waals surface area contributed by atoms with Crippen LogP contribution in [0.1, 0.15) is 67.8 Å². The molecule has 2 aromatic heterocycles. The number of nitrogens with zero attached hydrogens (tertiary/aromatic N) is 5. The van der Waals surface area contributed by atoms with Crippen LogP contribution in [-0.4, -0.2) is 45.8 Å². The first-order chi connectivity index (χ1) is 15.8. The van der Waals surface area contributed by atoms with Gasteiger partial charge in [0.25, 0.3) is 0 Å². The van der Waals surface area contributed by atoms with Gasteiger partial charge in [-0.3, -0.25) is 5.10 Å². The molecule has 7 heteroatoms. The van der Waals surface area contributed by atoms with Crippen LogP contribution in [-0.2, 0) is 12.8 Å². The van der Waals surface area contributed by atoms with Gasteiger partial charge in [0.05, 0.1) is 5.69 Å². The average molecular weight is 432 g/mol. The molecule has 0 unspecified atom stereocenters. The number of piperidine rings is 1. The number of aromatic amines is 1. The number of H-pyrrole nitrogens is 1. The summed E-state index contributed by atoms with van der Waals surface area (Å²) >= 11 is 0. The van der Waals surface area contributed by atoms with E-state index in [9.17, 15) is 0 Å². The molecule has 1 fully saturated rings. The minimum Gasteiger partial charge on any atom is -0.353 e. The molecule has 0 bridgehead atoms. The Morgan fingerprint density at radius 3 is 2.66 bits per heavy atom. The first-order valence-corrected chi connectivity index (χ1v) is 12.4. The fraction of sp³-hybridized carbons (Fsp3) is 0.560. The first-order valence-electron chi connectivity index (χ1n) is 12.4. The van der Waals surface area contributed by atoms with Gasteiger partial charge in [-0.25, -0.2) is 9.97 Å². The maximum Gasteiger partial charge on any atom is 0.178 e. The highest BCUT2D eigenvalue weighted by molar-refractivity contribution is 5.85. The van der Waals surface area contributed by atoms with Gasteiger partial charge in [0.15, 0.2) is 22.8 Å². The van der Waals surface area contributed by atoms with Crippen LogP contribution in [0.25, 0.3) is 11.2 Å². The molecule has 0 amide bonds. The smallest absolute Gasteiger partial charge is 0.178 e. The molecule has 1 aromatic carbocycles. The van der Waals surface area contributed by atoms with Crippen LogP contribution < -0.4 is 15.5 Å². The predicted octanol–water partition coefficient (Wildman–Crippen LogP) is 3.89. The summed E-state index contributed by atoms with van der Waals surface area (Å²) < 4.78 is 0. The Morgan fingerprint density at radius 2 is 1.75 bits per heavy atom. The third-order valence-corrected chi connectivity index (χ3v) is 7.62. The van der Waals surface area contributed by atoms with Gasteiger partial charge >= 0.3 is 0 Å². The Morgan fingerprint density at radius 1 is 0.875 bits per heavy atom. The third-order valence-electron chi connectivity index (χ3n) is 7.62. The monoisotopic (exact) mass is 431 g/mol. The molecule has 2 atom stereocenters. The zero-order valence-electron chi connectivity index (χ0n) is 18.8. The first kappa shape index (κ1) is 20.0. The standard InChI is InChI=1S/C25H33N7/c26-20-12-10-18-11-13-21-24(32(18)16-6-8-17-7-2-3-9-19(17)20)28-23-22(27-21)25(30-29-23)31-14-4-1-5-15-31/h2-3,7,9,18,20H,1,4-6,8,10-16,26H2,(H,28,29,30)/t18-,20+/m1/s1. The number of hydrogen-bond acceptors (Lipinski definition) is 6. The van der Waals surface area contributed by atoms with E-state index in [1.54, 1.807) is 0 Å². The lowest BCUT2D eigenvalue weighted by atomic mass is 9.89. The minimum absolute atomic E-state index is 0.112. The normalized spacial score (nSPS) is 24.0. The van der Waals surface area contributed by atoms with Gasteiger partial charge in [0.2, 0.25) is 0 Å². The summed E-state index contributed by atoms with van der Waals surface area (Å²) in [6.45, 7) is 3.14. The number of fused-ring (bicyclic) bond motifs is 5. The number of hydrogen-bond donors (Lipinski definition) is 2. The number of aryl methyl sites for hydroxylation is 2. The number of nitrogens with two attached hydrogens (primary N) is 1. The van der Waals surface area contributed by atoms with Crippen molar-refractivity contribution in [1.82, 2.24) is 20.2 Å². The minimum atomic E-state index is 0.112. The van der Waals surface area contributed by atoms with Gasteiger partial charge in [-0.15, -0.1) is 0 Å². The number of aromatic nitrogens is 4. The largest absolute Gasteiger partial charge is 0.353 e. The Kier molecular flexibility index (Phi) is 5.21. The molecule has 168 valence electrons. The molecule has 0 radical (unpaired) electrons. The molecule has 0 saturated carbocycles. The summed E-state index contributed by atoms with van der Waals surface area (Å²) in [6.07, 6.45) is 10.1. The van der Waals surface area contributed by atoms with E-state index >= 15 is 0 Å². The second-order valence-electron chi connectivity index (χ2n) is 9.66. The SMILES string of the molecule is N[C@H]1CC[C@@H]2CCc3nc4c(N5CCCCC5)n[nH]c4nc3N2CCCc2ccccc21. The Balaban J connectivity index is 1.32. The van der Waals surface area contributed by atoms with E-state index in [2.05, 4.69) is 44.3 Å². The lowest BCUT2D eigenvalue weighted by Gasteiger charge is -2.38. The molecule has 3 aliphatic rings. The lowest BCUT2D eigenvalue weighted by molar-refractivity contribution is 0.442. The quantitative estimate of drug-likeness (QED) is 0.608. The van der Waals surface area contributed by atoms with Crippen molar-refractivity contribution in [2.24, 2.45) is 5.73 Å². The lowest BCUT2D eigenvalue weighted by Crippen LogP contribution is -2.42. The molecule has 1 saturated heterocycles. The molecule has 0 aliphatic carbocycles. The molecule has 3 aliphatic heterocycles. The molecule has 6 rings (SSSR count). The van der Waals surface area contributed by atoms with Crippen molar-refractivity contribution in [3.8, 4) is 0 Å². The van der Waals surface area contributed by atoms with E-state index in [1.165, 1.54) is 30.4 Å². The van der Waals surface area contributed by atoms with Crippen molar-refractivity contribution in [2.45, 2.75) is 69.9 Å². The van der Waals surface area contributed by atoms with Crippen LogP contribution in [0.3, 0.4) is 0 Å². The van der Waals surface area contributed by atoms with Crippen molar-refractivity contribution < 1.29 is 0 Å². The maximum atomic E-state index is 6.64. The van der Waals surface area contributed by atoms with Crippen molar-refractivity contribution in [3.63, 3.8) is 0 Å². The second-order valence-corrected chi connectivity index (χ2v) is 9.66. The number of nitrogens with one attached hydrogen (secondary N) is 1. The van der Waals surface area contributed by atoms with E-state index < -0.39 is 0 Å². The fourth-order valence-corrected chi connectivity index (χ4v) is 5.89. The van der Waals surface area contributed by atoms with E-state index in [4.69, 9.17) is 15.7 Å². The van der Waals surface area contributed by atoms with Crippen molar-refractivity contribution in [3.05, 3.63) is 41.1 Å². The van der Waals surface area contributed by atoms with Crippen molar-refractivity contribution in [2.75, 3.05) is 29.4 Å². The molecule has 3 aromatic rings. The van der Waals surface area contributed by atoms with Crippen LogP contribution >= 0.6 is 0 Å². The van der Waals surface area contributed by atoms with E-state index in [-0.39, 0.29) is 6.04 Å². The summed E-state index contributed by atoms with van der Waals surface area (Å²) in [5.41, 5.74) is 12.3. The topological polar surface area (TPSA) is 87.0 Å². The number of rotatable bonds is 1. The van der Waals surface area contributed by atoms with E-state index in [0.717, 1.165) is 86.7 Å². The van der Waals surface area contributed by atoms with Crippen LogP contribution in [0.15, 0.2) is 24.3 Å². The highest BCUT2D eigenvalue weighted by Gasteiger charge is 2.31. The van der Waals surface area contributed by atoms with Crippen molar-refractivity contribution in [1.29, 1.82) is 0 Å². The van der Waals surface area contributed by atoms with E-state index in [1.807, 2.05) is 0 Å². The summed E-state index contributed by atoms with van der Waals surface area (Å²) in [4.78, 5) is 15.1. The van der Waals surface area contributed by atoms with Gasteiger partial charge < -0.3 is 15.5 Å². The van der Waals surface area contributed by atoms with Crippen LogP contribution in [0.5, 0.6) is 0 Å². The zero-order chi connectivity index (χ0) is 21.5. The van der Waals surface area contributed by atoms with Gasteiger partial charge in [-0.2, -0.15) is 5.10 Å². The molecule has 5 heterocycles. The zero-order valence-corrected chi connectivity index (χ0v) is 18.8. The van der Waals surface area contributed by atoms with Gasteiger partial charge in [0.1, 0.15) is 0 Å².